The lowest BCUT2D eigenvalue weighted by molar-refractivity contribution is -0.671. The monoisotopic (exact) mass is 124 g/mol. The van der Waals surface area contributed by atoms with Crippen molar-refractivity contribution in [3.05, 3.63) is 18.7 Å². The van der Waals surface area contributed by atoms with Gasteiger partial charge in [0.25, 0.3) is 0 Å². The predicted octanol–water partition coefficient (Wildman–Crippen LogP) is -0.578. The Hall–Kier alpha value is -1.12. The number of hydrogen-bond acceptors (Lipinski definition) is 1. The van der Waals surface area contributed by atoms with Crippen LogP contribution in [0, 0.1) is 0 Å². The van der Waals surface area contributed by atoms with Crippen molar-refractivity contribution in [2.45, 2.75) is 6.54 Å². The molecule has 0 spiro atoms. The van der Waals surface area contributed by atoms with Crippen LogP contribution in [0.25, 0.3) is 0 Å². The van der Waals surface area contributed by atoms with Gasteiger partial charge < -0.3 is 0 Å². The third kappa shape index (κ3) is 1.38. The lowest BCUT2D eigenvalue weighted by atomic mass is 10.7. The van der Waals surface area contributed by atoms with Crippen molar-refractivity contribution in [2.24, 2.45) is 7.05 Å². The summed E-state index contributed by atoms with van der Waals surface area (Å²) in [5.41, 5.74) is 0. The van der Waals surface area contributed by atoms with Crippen LogP contribution >= 0.6 is 0 Å². The average molecular weight is 124 g/mol. The Kier molecular flexibility index (Phi) is 1.63. The quantitative estimate of drug-likeness (QED) is 0.484. The zero-order chi connectivity index (χ0) is 6.69. The summed E-state index contributed by atoms with van der Waals surface area (Å²) in [7, 11) is 1.90. The van der Waals surface area contributed by atoms with E-state index in [9.17, 15) is 4.79 Å². The van der Waals surface area contributed by atoms with Crippen molar-refractivity contribution < 1.29 is 9.36 Å². The maximum Gasteiger partial charge on any atom is 0.244 e. The average Bonchev–Trinajstić information content (AvgIpc) is 2.17. The summed E-state index contributed by atoms with van der Waals surface area (Å²) in [5, 5.41) is 0. The lowest BCUT2D eigenvalue weighted by Gasteiger charge is -1.79. The Morgan fingerprint density at radius 1 is 1.78 bits per heavy atom. The summed E-state index contributed by atoms with van der Waals surface area (Å²) < 4.78 is 3.63. The first-order valence-corrected chi connectivity index (χ1v) is 2.69. The molecule has 0 aliphatic heterocycles. The van der Waals surface area contributed by atoms with Crippen LogP contribution in [0.15, 0.2) is 18.7 Å². The van der Waals surface area contributed by atoms with E-state index in [0.29, 0.717) is 6.54 Å². The number of nitrogens with zero attached hydrogens (tertiary/aromatic N) is 2. The number of imidazole rings is 1. The van der Waals surface area contributed by atoms with E-state index in [1.807, 2.05) is 30.3 Å². The normalized spacial score (nSPS) is 9.44. The molecule has 1 rings (SSSR count). The van der Waals surface area contributed by atoms with Crippen LogP contribution in [-0.2, 0) is 18.4 Å². The molecule has 0 saturated carbocycles. The van der Waals surface area contributed by atoms with Gasteiger partial charge in [-0.1, -0.05) is 0 Å². The molecule has 1 radical (unpaired) electrons. The molecule has 0 aliphatic carbocycles. The minimum atomic E-state index is 0.320. The largest absolute Gasteiger partial charge is 0.286 e. The van der Waals surface area contributed by atoms with E-state index in [1.165, 1.54) is 0 Å². The molecule has 1 aromatic rings. The molecule has 0 fully saturated rings. The maximum absolute atomic E-state index is 9.83. The van der Waals surface area contributed by atoms with Crippen molar-refractivity contribution >= 4 is 6.29 Å². The van der Waals surface area contributed by atoms with Crippen LogP contribution in [-0.4, -0.2) is 10.9 Å². The zero-order valence-electron chi connectivity index (χ0n) is 5.24. The topological polar surface area (TPSA) is 25.9 Å². The minimum absolute atomic E-state index is 0.320. The van der Waals surface area contributed by atoms with E-state index in [4.69, 9.17) is 0 Å². The second-order valence-electron chi connectivity index (χ2n) is 1.90. The molecule has 0 amide bonds. The molecule has 0 saturated heterocycles. The predicted molar refractivity (Wildman–Crippen MR) is 31.3 cm³/mol. The van der Waals surface area contributed by atoms with Crippen LogP contribution in [0.1, 0.15) is 0 Å². The fourth-order valence-electron chi connectivity index (χ4n) is 0.670. The number of rotatable bonds is 2. The Morgan fingerprint density at radius 2 is 2.56 bits per heavy atom. The first-order valence-electron chi connectivity index (χ1n) is 2.69. The van der Waals surface area contributed by atoms with Gasteiger partial charge in [0.1, 0.15) is 12.4 Å². The van der Waals surface area contributed by atoms with E-state index in [-0.39, 0.29) is 0 Å². The summed E-state index contributed by atoms with van der Waals surface area (Å²) in [6.45, 7) is 0.320. The van der Waals surface area contributed by atoms with Gasteiger partial charge in [0.05, 0.1) is 7.05 Å². The van der Waals surface area contributed by atoms with Gasteiger partial charge in [-0.25, -0.2) is 9.13 Å². The smallest absolute Gasteiger partial charge is 0.244 e. The molecule has 1 heterocycles. The fourth-order valence-corrected chi connectivity index (χ4v) is 0.670. The molecule has 1 aromatic heterocycles. The van der Waals surface area contributed by atoms with E-state index in [0.717, 1.165) is 0 Å². The minimum Gasteiger partial charge on any atom is -0.286 e. The third-order valence-electron chi connectivity index (χ3n) is 1.07. The zero-order valence-corrected chi connectivity index (χ0v) is 5.24. The summed E-state index contributed by atoms with van der Waals surface area (Å²) in [6, 6.07) is 0. The van der Waals surface area contributed by atoms with Gasteiger partial charge in [0.15, 0.2) is 6.54 Å². The molecule has 47 valence electrons. The van der Waals surface area contributed by atoms with Crippen molar-refractivity contribution in [3.8, 4) is 0 Å². The second kappa shape index (κ2) is 2.44. The van der Waals surface area contributed by atoms with Gasteiger partial charge in [-0.2, -0.15) is 0 Å². The van der Waals surface area contributed by atoms with Crippen LogP contribution in [0.5, 0.6) is 0 Å². The molecule has 0 aliphatic rings. The van der Waals surface area contributed by atoms with Crippen LogP contribution in [0.4, 0.5) is 0 Å². The Balaban J connectivity index is 2.72. The Labute approximate surface area is 53.5 Å². The highest BCUT2D eigenvalue weighted by Gasteiger charge is 1.96. The number of carbonyl (C=O) groups excluding carboxylic acids is 1. The van der Waals surface area contributed by atoms with E-state index in [1.54, 1.807) is 10.9 Å². The van der Waals surface area contributed by atoms with Crippen molar-refractivity contribution in [1.82, 2.24) is 4.57 Å². The molecular weight excluding hydrogens is 116 g/mol. The van der Waals surface area contributed by atoms with Crippen molar-refractivity contribution in [2.75, 3.05) is 0 Å². The van der Waals surface area contributed by atoms with Crippen LogP contribution in [0.3, 0.4) is 0 Å². The third-order valence-corrected chi connectivity index (χ3v) is 1.07. The Bertz CT molecular complexity index is 205. The standard InChI is InChI=1S/C6H8N2O/c1-7-2-3-8(6-7)4-5-9/h2-3,6H,4H2,1H3/q+1. The lowest BCUT2D eigenvalue weighted by Crippen LogP contribution is -2.23. The SMILES string of the molecule is C[n+]1ccn(C[C]=O)c1. The summed E-state index contributed by atoms with van der Waals surface area (Å²) in [5.74, 6) is 0. The van der Waals surface area contributed by atoms with E-state index >= 15 is 0 Å². The number of aromatic nitrogens is 2. The molecule has 0 aromatic carbocycles. The summed E-state index contributed by atoms with van der Waals surface area (Å²) in [6.07, 6.45) is 7.32. The van der Waals surface area contributed by atoms with Crippen molar-refractivity contribution in [1.29, 1.82) is 0 Å². The van der Waals surface area contributed by atoms with Crippen LogP contribution < -0.4 is 4.57 Å². The highest BCUT2D eigenvalue weighted by atomic mass is 16.1. The molecular formula is C6H8N2O+. The number of aryl methyl sites for hydroxylation is 1. The molecule has 0 bridgehead atoms. The van der Waals surface area contributed by atoms with Gasteiger partial charge in [0, 0.05) is 0 Å². The molecule has 0 N–H and O–H groups in total. The highest BCUT2D eigenvalue weighted by molar-refractivity contribution is 5.49. The molecule has 9 heavy (non-hydrogen) atoms. The van der Waals surface area contributed by atoms with Gasteiger partial charge in [-0.3, -0.25) is 4.79 Å². The first kappa shape index (κ1) is 6.01. The maximum atomic E-state index is 9.83. The second-order valence-corrected chi connectivity index (χ2v) is 1.90. The van der Waals surface area contributed by atoms with Gasteiger partial charge in [-0.05, 0) is 0 Å². The highest BCUT2D eigenvalue weighted by Crippen LogP contribution is 1.78. The van der Waals surface area contributed by atoms with Gasteiger partial charge in [-0.15, -0.1) is 0 Å². The fraction of sp³-hybridized carbons (Fsp3) is 0.333. The molecule has 3 heteroatoms. The number of hydrogen-bond donors (Lipinski definition) is 0. The first-order chi connectivity index (χ1) is 4.33. The Morgan fingerprint density at radius 3 is 3.00 bits per heavy atom. The van der Waals surface area contributed by atoms with E-state index in [2.05, 4.69) is 0 Å². The van der Waals surface area contributed by atoms with Crippen molar-refractivity contribution in [3.63, 3.8) is 0 Å². The molecule has 0 atom stereocenters. The van der Waals surface area contributed by atoms with Gasteiger partial charge >= 0.3 is 0 Å². The summed E-state index contributed by atoms with van der Waals surface area (Å²) >= 11 is 0. The molecule has 0 unspecified atom stereocenters. The van der Waals surface area contributed by atoms with Crippen LogP contribution in [0.2, 0.25) is 0 Å². The van der Waals surface area contributed by atoms with Gasteiger partial charge in [0.2, 0.25) is 12.6 Å². The summed E-state index contributed by atoms with van der Waals surface area (Å²) in [4.78, 5) is 9.83. The van der Waals surface area contributed by atoms with E-state index < -0.39 is 0 Å². The molecule has 3 nitrogen and oxygen atoms in total.